The molecule has 0 fully saturated rings. The van der Waals surface area contributed by atoms with Crippen LogP contribution in [0.5, 0.6) is 5.75 Å². The average molecular weight is 482 g/mol. The number of aromatic nitrogens is 2. The van der Waals surface area contributed by atoms with Crippen LogP contribution in [0.2, 0.25) is 0 Å². The van der Waals surface area contributed by atoms with Crippen LogP contribution in [-0.2, 0) is 14.8 Å². The highest BCUT2D eigenvalue weighted by Crippen LogP contribution is 2.30. The van der Waals surface area contributed by atoms with Gasteiger partial charge in [-0.1, -0.05) is 25.6 Å². The van der Waals surface area contributed by atoms with Gasteiger partial charge in [-0.05, 0) is 29.6 Å². The van der Waals surface area contributed by atoms with Gasteiger partial charge in [0.05, 0.1) is 28.8 Å². The maximum Gasteiger partial charge on any atom is 0.243 e. The zero-order valence-corrected chi connectivity index (χ0v) is 19.7. The summed E-state index contributed by atoms with van der Waals surface area (Å²) in [5.74, 6) is 0.392. The Labute approximate surface area is 189 Å². The highest BCUT2D eigenvalue weighted by atomic mass is 32.2. The molecule has 0 saturated carbocycles. The SMILES string of the molecule is CCN(CC)S(=O)(=O)c1ccc(OC)c(NC(=O)CSc2nc(N)c3ccsc3n2)c1. The molecule has 1 amide bonds. The third-order valence-corrected chi connectivity index (χ3v) is 8.15. The van der Waals surface area contributed by atoms with E-state index in [0.29, 0.717) is 29.8 Å². The summed E-state index contributed by atoms with van der Waals surface area (Å²) in [6.07, 6.45) is 0. The molecule has 0 radical (unpaired) electrons. The molecule has 9 nitrogen and oxygen atoms in total. The van der Waals surface area contributed by atoms with Gasteiger partial charge in [-0.3, -0.25) is 4.79 Å². The van der Waals surface area contributed by atoms with E-state index in [2.05, 4.69) is 15.3 Å². The van der Waals surface area contributed by atoms with Gasteiger partial charge in [-0.25, -0.2) is 18.4 Å². The number of hydrogen-bond donors (Lipinski definition) is 2. The smallest absolute Gasteiger partial charge is 0.243 e. The second-order valence-electron chi connectivity index (χ2n) is 6.32. The zero-order valence-electron chi connectivity index (χ0n) is 17.3. The predicted octanol–water partition coefficient (Wildman–Crippen LogP) is 3.04. The van der Waals surface area contributed by atoms with Gasteiger partial charge in [-0.2, -0.15) is 4.31 Å². The lowest BCUT2D eigenvalue weighted by molar-refractivity contribution is -0.113. The van der Waals surface area contributed by atoms with Gasteiger partial charge in [0.1, 0.15) is 16.4 Å². The van der Waals surface area contributed by atoms with Crippen LogP contribution in [0.25, 0.3) is 10.2 Å². The molecule has 166 valence electrons. The van der Waals surface area contributed by atoms with Crippen molar-refractivity contribution >= 4 is 60.8 Å². The molecule has 31 heavy (non-hydrogen) atoms. The lowest BCUT2D eigenvalue weighted by Gasteiger charge is -2.19. The first-order valence-electron chi connectivity index (χ1n) is 9.41. The molecule has 0 bridgehead atoms. The number of sulfonamides is 1. The molecule has 0 atom stereocenters. The molecular formula is C19H23N5O4S3. The molecule has 2 heterocycles. The lowest BCUT2D eigenvalue weighted by atomic mass is 10.3. The molecule has 12 heteroatoms. The topological polar surface area (TPSA) is 128 Å². The number of methoxy groups -OCH3 is 1. The molecule has 0 aliphatic rings. The number of benzene rings is 1. The molecule has 0 aliphatic carbocycles. The maximum absolute atomic E-state index is 12.8. The van der Waals surface area contributed by atoms with Crippen molar-refractivity contribution in [1.29, 1.82) is 0 Å². The summed E-state index contributed by atoms with van der Waals surface area (Å²) in [6, 6.07) is 6.24. The van der Waals surface area contributed by atoms with E-state index in [-0.39, 0.29) is 22.2 Å². The fourth-order valence-corrected chi connectivity index (χ4v) is 5.86. The van der Waals surface area contributed by atoms with E-state index in [4.69, 9.17) is 10.5 Å². The summed E-state index contributed by atoms with van der Waals surface area (Å²) in [5, 5.41) is 5.77. The van der Waals surface area contributed by atoms with Gasteiger partial charge in [0.2, 0.25) is 15.9 Å². The van der Waals surface area contributed by atoms with Crippen LogP contribution in [0.4, 0.5) is 11.5 Å². The van der Waals surface area contributed by atoms with E-state index in [1.54, 1.807) is 13.8 Å². The second kappa shape index (κ2) is 9.81. The van der Waals surface area contributed by atoms with Crippen LogP contribution < -0.4 is 15.8 Å². The number of nitrogens with zero attached hydrogens (tertiary/aromatic N) is 3. The Kier molecular flexibility index (Phi) is 7.36. The number of thioether (sulfide) groups is 1. The van der Waals surface area contributed by atoms with E-state index in [1.807, 2.05) is 11.4 Å². The number of anilines is 2. The molecule has 0 unspecified atom stereocenters. The van der Waals surface area contributed by atoms with Crippen molar-refractivity contribution in [2.75, 3.05) is 37.0 Å². The molecule has 0 aliphatic heterocycles. The van der Waals surface area contributed by atoms with E-state index in [1.165, 1.54) is 41.0 Å². The van der Waals surface area contributed by atoms with Crippen molar-refractivity contribution in [2.45, 2.75) is 23.9 Å². The summed E-state index contributed by atoms with van der Waals surface area (Å²) in [6.45, 7) is 4.24. The van der Waals surface area contributed by atoms with Gasteiger partial charge in [0.15, 0.2) is 5.16 Å². The van der Waals surface area contributed by atoms with Crippen LogP contribution in [0.15, 0.2) is 39.7 Å². The van der Waals surface area contributed by atoms with Crippen molar-refractivity contribution in [1.82, 2.24) is 14.3 Å². The molecule has 3 rings (SSSR count). The minimum absolute atomic E-state index is 0.0203. The number of carbonyl (C=O) groups is 1. The van der Waals surface area contributed by atoms with Crippen molar-refractivity contribution in [3.63, 3.8) is 0 Å². The molecule has 1 aromatic carbocycles. The zero-order chi connectivity index (χ0) is 22.6. The standard InChI is InChI=1S/C19H23N5O4S3/c1-4-24(5-2)31(26,27)12-6-7-15(28-3)14(10-12)21-16(25)11-30-19-22-17(20)13-8-9-29-18(13)23-19/h6-10H,4-5,11H2,1-3H3,(H,21,25)(H2,20,22,23). The van der Waals surface area contributed by atoms with E-state index >= 15 is 0 Å². The van der Waals surface area contributed by atoms with Crippen LogP contribution in [0.1, 0.15) is 13.8 Å². The molecule has 0 saturated heterocycles. The second-order valence-corrected chi connectivity index (χ2v) is 10.1. The number of ether oxygens (including phenoxy) is 1. The number of thiophene rings is 1. The first-order chi connectivity index (χ1) is 14.8. The summed E-state index contributed by atoms with van der Waals surface area (Å²) >= 11 is 2.59. The first-order valence-corrected chi connectivity index (χ1v) is 12.7. The van der Waals surface area contributed by atoms with Crippen molar-refractivity contribution in [2.24, 2.45) is 0 Å². The van der Waals surface area contributed by atoms with E-state index in [9.17, 15) is 13.2 Å². The van der Waals surface area contributed by atoms with Gasteiger partial charge in [-0.15, -0.1) is 11.3 Å². The monoisotopic (exact) mass is 481 g/mol. The Bertz CT molecular complexity index is 1190. The number of nitrogens with one attached hydrogen (secondary N) is 1. The highest BCUT2D eigenvalue weighted by molar-refractivity contribution is 7.99. The highest BCUT2D eigenvalue weighted by Gasteiger charge is 2.23. The van der Waals surface area contributed by atoms with Gasteiger partial charge in [0, 0.05) is 13.1 Å². The number of hydrogen-bond acceptors (Lipinski definition) is 9. The fourth-order valence-electron chi connectivity index (χ4n) is 2.90. The maximum atomic E-state index is 12.8. The number of nitrogens with two attached hydrogens (primary N) is 1. The van der Waals surface area contributed by atoms with Gasteiger partial charge in [0.25, 0.3) is 0 Å². The van der Waals surface area contributed by atoms with Crippen molar-refractivity contribution in [3.05, 3.63) is 29.6 Å². The van der Waals surface area contributed by atoms with Gasteiger partial charge < -0.3 is 15.8 Å². The summed E-state index contributed by atoms with van der Waals surface area (Å²) in [7, 11) is -2.22. The van der Waals surface area contributed by atoms with Gasteiger partial charge >= 0.3 is 0 Å². The Morgan fingerprint density at radius 2 is 2.00 bits per heavy atom. The number of rotatable bonds is 9. The largest absolute Gasteiger partial charge is 0.495 e. The average Bonchev–Trinajstić information content (AvgIpc) is 3.22. The number of fused-ring (bicyclic) bond motifs is 1. The summed E-state index contributed by atoms with van der Waals surface area (Å²) in [5.41, 5.74) is 6.21. The Balaban J connectivity index is 1.76. The number of carbonyl (C=O) groups excluding carboxylic acids is 1. The predicted molar refractivity (Wildman–Crippen MR) is 124 cm³/mol. The quantitative estimate of drug-likeness (QED) is 0.353. The molecule has 3 aromatic rings. The molecule has 2 aromatic heterocycles. The Hall–Kier alpha value is -2.41. The lowest BCUT2D eigenvalue weighted by Crippen LogP contribution is -2.30. The summed E-state index contributed by atoms with van der Waals surface area (Å²) < 4.78 is 32.2. The number of nitrogen functional groups attached to an aromatic ring is 1. The van der Waals surface area contributed by atoms with Crippen LogP contribution >= 0.6 is 23.1 Å². The third kappa shape index (κ3) is 5.09. The van der Waals surface area contributed by atoms with Crippen LogP contribution in [-0.4, -0.2) is 54.6 Å². The molecule has 3 N–H and O–H groups in total. The first kappa shape index (κ1) is 23.3. The number of amides is 1. The third-order valence-electron chi connectivity index (χ3n) is 4.45. The Morgan fingerprint density at radius 1 is 1.26 bits per heavy atom. The van der Waals surface area contributed by atoms with Crippen molar-refractivity contribution < 1.29 is 17.9 Å². The van der Waals surface area contributed by atoms with Crippen molar-refractivity contribution in [3.8, 4) is 5.75 Å². The van der Waals surface area contributed by atoms with Crippen LogP contribution in [0.3, 0.4) is 0 Å². The minimum Gasteiger partial charge on any atom is -0.495 e. The molecule has 0 spiro atoms. The van der Waals surface area contributed by atoms with E-state index in [0.717, 1.165) is 22.0 Å². The normalized spacial score (nSPS) is 11.7. The molecular weight excluding hydrogens is 458 g/mol. The van der Waals surface area contributed by atoms with E-state index < -0.39 is 10.0 Å². The Morgan fingerprint density at radius 3 is 2.68 bits per heavy atom. The minimum atomic E-state index is -3.67. The fraction of sp³-hybridized carbons (Fsp3) is 0.316. The van der Waals surface area contributed by atoms with Crippen LogP contribution in [0, 0.1) is 0 Å². The summed E-state index contributed by atoms with van der Waals surface area (Å²) in [4.78, 5) is 22.0.